The normalized spacial score (nSPS) is 13.6. The minimum Gasteiger partial charge on any atom is -0.397 e. The molecular formula is C16H17N3O. The Morgan fingerprint density at radius 3 is 2.75 bits per heavy atom. The predicted molar refractivity (Wildman–Crippen MR) is 82.3 cm³/mol. The number of nitrogens with one attached hydrogen (secondary N) is 2. The first-order chi connectivity index (χ1) is 9.63. The molecule has 4 N–H and O–H groups in total. The Morgan fingerprint density at radius 2 is 1.95 bits per heavy atom. The van der Waals surface area contributed by atoms with Gasteiger partial charge in [0, 0.05) is 17.8 Å². The fourth-order valence-corrected chi connectivity index (χ4v) is 2.41. The summed E-state index contributed by atoms with van der Waals surface area (Å²) in [5.41, 5.74) is 11.7. The van der Waals surface area contributed by atoms with Crippen LogP contribution < -0.4 is 16.4 Å². The van der Waals surface area contributed by atoms with E-state index in [4.69, 9.17) is 5.73 Å². The van der Waals surface area contributed by atoms with Crippen LogP contribution in [0.15, 0.2) is 36.4 Å². The number of carbonyl (C=O) groups excluding carboxylic acids is 1. The molecule has 0 bridgehead atoms. The van der Waals surface area contributed by atoms with Gasteiger partial charge in [-0.25, -0.2) is 0 Å². The van der Waals surface area contributed by atoms with Gasteiger partial charge in [-0.15, -0.1) is 0 Å². The molecule has 0 aliphatic carbocycles. The maximum Gasteiger partial charge on any atom is 0.224 e. The van der Waals surface area contributed by atoms with E-state index in [1.165, 1.54) is 0 Å². The summed E-state index contributed by atoms with van der Waals surface area (Å²) in [6, 6.07) is 11.9. The van der Waals surface area contributed by atoms with Gasteiger partial charge in [-0.05, 0) is 42.7 Å². The topological polar surface area (TPSA) is 67.2 Å². The number of para-hydroxylation sites is 1. The third-order valence-electron chi connectivity index (χ3n) is 3.59. The molecule has 4 heteroatoms. The molecule has 0 saturated heterocycles. The van der Waals surface area contributed by atoms with E-state index in [1.54, 1.807) is 0 Å². The molecule has 20 heavy (non-hydrogen) atoms. The van der Waals surface area contributed by atoms with E-state index < -0.39 is 0 Å². The number of amides is 1. The lowest BCUT2D eigenvalue weighted by atomic mass is 10.0. The number of nitrogen functional groups attached to an aromatic ring is 1. The van der Waals surface area contributed by atoms with Crippen molar-refractivity contribution in [1.29, 1.82) is 0 Å². The summed E-state index contributed by atoms with van der Waals surface area (Å²) >= 11 is 0. The van der Waals surface area contributed by atoms with Gasteiger partial charge in [-0.3, -0.25) is 4.79 Å². The lowest BCUT2D eigenvalue weighted by molar-refractivity contribution is -0.116. The lowest BCUT2D eigenvalue weighted by Gasteiger charge is -2.20. The van der Waals surface area contributed by atoms with Crippen molar-refractivity contribution in [2.75, 3.05) is 16.4 Å². The number of nitrogens with two attached hydrogens (primary N) is 1. The highest BCUT2D eigenvalue weighted by molar-refractivity contribution is 5.95. The third kappa shape index (κ3) is 2.32. The van der Waals surface area contributed by atoms with E-state index in [0.29, 0.717) is 12.1 Å². The van der Waals surface area contributed by atoms with Crippen molar-refractivity contribution in [3.63, 3.8) is 0 Å². The second-order valence-electron chi connectivity index (χ2n) is 5.08. The number of rotatable bonds is 2. The molecule has 1 amide bonds. The van der Waals surface area contributed by atoms with Crippen molar-refractivity contribution in [2.24, 2.45) is 0 Å². The first kappa shape index (κ1) is 12.5. The van der Waals surface area contributed by atoms with Crippen molar-refractivity contribution >= 4 is 28.7 Å². The summed E-state index contributed by atoms with van der Waals surface area (Å²) in [6.07, 6.45) is 1.28. The average molecular weight is 267 g/mol. The smallest absolute Gasteiger partial charge is 0.224 e. The zero-order valence-electron chi connectivity index (χ0n) is 11.4. The standard InChI is InChI=1S/C16H17N3O/c1-10-4-2-3-5-13(10)18-15-8-11-6-7-16(20)19-14(11)9-12(15)17/h2-5,8-9,18H,6-7,17H2,1H3,(H,19,20). The van der Waals surface area contributed by atoms with Gasteiger partial charge in [0.15, 0.2) is 0 Å². The molecule has 0 saturated carbocycles. The van der Waals surface area contributed by atoms with Gasteiger partial charge in [0.25, 0.3) is 0 Å². The summed E-state index contributed by atoms with van der Waals surface area (Å²) in [5, 5.41) is 6.22. The lowest BCUT2D eigenvalue weighted by Crippen LogP contribution is -2.19. The molecule has 102 valence electrons. The summed E-state index contributed by atoms with van der Waals surface area (Å²) in [5.74, 6) is 0.0523. The number of hydrogen-bond acceptors (Lipinski definition) is 3. The number of hydrogen-bond donors (Lipinski definition) is 3. The molecule has 1 aliphatic rings. The van der Waals surface area contributed by atoms with Gasteiger partial charge in [-0.2, -0.15) is 0 Å². The highest BCUT2D eigenvalue weighted by Gasteiger charge is 2.16. The van der Waals surface area contributed by atoms with Crippen molar-refractivity contribution in [3.8, 4) is 0 Å². The van der Waals surface area contributed by atoms with E-state index in [0.717, 1.165) is 34.6 Å². The maximum atomic E-state index is 11.4. The minimum absolute atomic E-state index is 0.0523. The van der Waals surface area contributed by atoms with Gasteiger partial charge in [0.2, 0.25) is 5.91 Å². The van der Waals surface area contributed by atoms with Crippen molar-refractivity contribution < 1.29 is 4.79 Å². The van der Waals surface area contributed by atoms with E-state index in [-0.39, 0.29) is 5.91 Å². The molecule has 0 unspecified atom stereocenters. The predicted octanol–water partition coefficient (Wildman–Crippen LogP) is 3.21. The SMILES string of the molecule is Cc1ccccc1Nc1cc2c(cc1N)NC(=O)CC2. The fourth-order valence-electron chi connectivity index (χ4n) is 2.41. The Hall–Kier alpha value is -2.49. The van der Waals surface area contributed by atoms with Crippen LogP contribution in [0, 0.1) is 6.92 Å². The second-order valence-corrected chi connectivity index (χ2v) is 5.08. The Labute approximate surface area is 118 Å². The van der Waals surface area contributed by atoms with Gasteiger partial charge in [0.1, 0.15) is 0 Å². The van der Waals surface area contributed by atoms with Crippen LogP contribution in [0.5, 0.6) is 0 Å². The first-order valence-electron chi connectivity index (χ1n) is 6.68. The number of fused-ring (bicyclic) bond motifs is 1. The third-order valence-corrected chi connectivity index (χ3v) is 3.59. The van der Waals surface area contributed by atoms with Crippen LogP contribution in [0.1, 0.15) is 17.5 Å². The van der Waals surface area contributed by atoms with Crippen LogP contribution in [0.2, 0.25) is 0 Å². The summed E-state index contributed by atoms with van der Waals surface area (Å²) in [6.45, 7) is 2.05. The van der Waals surface area contributed by atoms with Crippen LogP contribution in [0.3, 0.4) is 0 Å². The van der Waals surface area contributed by atoms with Crippen LogP contribution >= 0.6 is 0 Å². The van der Waals surface area contributed by atoms with Crippen LogP contribution in [-0.2, 0) is 11.2 Å². The molecular weight excluding hydrogens is 250 g/mol. The maximum absolute atomic E-state index is 11.4. The summed E-state index contributed by atoms with van der Waals surface area (Å²) in [7, 11) is 0. The van der Waals surface area contributed by atoms with E-state index in [1.807, 2.05) is 30.3 Å². The highest BCUT2D eigenvalue weighted by atomic mass is 16.1. The molecule has 0 aromatic heterocycles. The highest BCUT2D eigenvalue weighted by Crippen LogP contribution is 2.33. The van der Waals surface area contributed by atoms with Crippen LogP contribution in [0.4, 0.5) is 22.7 Å². The van der Waals surface area contributed by atoms with E-state index in [2.05, 4.69) is 23.6 Å². The number of benzene rings is 2. The van der Waals surface area contributed by atoms with Gasteiger partial charge in [-0.1, -0.05) is 18.2 Å². The van der Waals surface area contributed by atoms with E-state index >= 15 is 0 Å². The molecule has 3 rings (SSSR count). The van der Waals surface area contributed by atoms with Crippen LogP contribution in [0.25, 0.3) is 0 Å². The van der Waals surface area contributed by atoms with Crippen molar-refractivity contribution in [2.45, 2.75) is 19.8 Å². The molecule has 0 fully saturated rings. The monoisotopic (exact) mass is 267 g/mol. The minimum atomic E-state index is 0.0523. The van der Waals surface area contributed by atoms with E-state index in [9.17, 15) is 4.79 Å². The van der Waals surface area contributed by atoms with Gasteiger partial charge >= 0.3 is 0 Å². The Bertz CT molecular complexity index is 679. The van der Waals surface area contributed by atoms with Crippen LogP contribution in [-0.4, -0.2) is 5.91 Å². The van der Waals surface area contributed by atoms with Crippen molar-refractivity contribution in [1.82, 2.24) is 0 Å². The molecule has 0 spiro atoms. The summed E-state index contributed by atoms with van der Waals surface area (Å²) in [4.78, 5) is 11.4. The first-order valence-corrected chi connectivity index (χ1v) is 6.68. The van der Waals surface area contributed by atoms with Gasteiger partial charge in [0.05, 0.1) is 11.4 Å². The summed E-state index contributed by atoms with van der Waals surface area (Å²) < 4.78 is 0. The number of anilines is 4. The Kier molecular flexibility index (Phi) is 3.06. The molecule has 0 atom stereocenters. The molecule has 1 aliphatic heterocycles. The Morgan fingerprint density at radius 1 is 1.15 bits per heavy atom. The molecule has 0 radical (unpaired) electrons. The quantitative estimate of drug-likeness (QED) is 0.732. The second kappa shape index (κ2) is 4.89. The largest absolute Gasteiger partial charge is 0.397 e. The molecule has 4 nitrogen and oxygen atoms in total. The fraction of sp³-hybridized carbons (Fsp3) is 0.188. The van der Waals surface area contributed by atoms with Gasteiger partial charge < -0.3 is 16.4 Å². The zero-order valence-corrected chi connectivity index (χ0v) is 11.4. The number of carbonyl (C=O) groups is 1. The molecule has 1 heterocycles. The molecule has 2 aromatic rings. The average Bonchev–Trinajstić information content (AvgIpc) is 2.42. The molecule has 2 aromatic carbocycles. The van der Waals surface area contributed by atoms with Crippen molar-refractivity contribution in [3.05, 3.63) is 47.5 Å². The Balaban J connectivity index is 1.95. The number of aryl methyl sites for hydroxylation is 2. The zero-order chi connectivity index (χ0) is 14.1.